The fraction of sp³-hybridized carbons (Fsp3) is 0.0714. The van der Waals surface area contributed by atoms with Gasteiger partial charge in [-0.3, -0.25) is 15.5 Å². The van der Waals surface area contributed by atoms with Gasteiger partial charge in [0.1, 0.15) is 5.84 Å². The molecular weight excluding hydrogens is 274 g/mol. The highest BCUT2D eigenvalue weighted by Crippen LogP contribution is 2.31. The van der Waals surface area contributed by atoms with Crippen LogP contribution in [0.25, 0.3) is 0 Å². The van der Waals surface area contributed by atoms with E-state index in [0.29, 0.717) is 16.2 Å². The lowest BCUT2D eigenvalue weighted by atomic mass is 10.1. The predicted molar refractivity (Wildman–Crippen MR) is 80.1 cm³/mol. The van der Waals surface area contributed by atoms with Gasteiger partial charge in [-0.1, -0.05) is 36.4 Å². The van der Waals surface area contributed by atoms with Crippen LogP contribution in [-0.2, 0) is 5.75 Å². The molecule has 102 valence electrons. The summed E-state index contributed by atoms with van der Waals surface area (Å²) < 4.78 is 0. The summed E-state index contributed by atoms with van der Waals surface area (Å²) in [5.74, 6) is 0.658. The van der Waals surface area contributed by atoms with Crippen molar-refractivity contribution in [3.05, 3.63) is 69.8 Å². The average Bonchev–Trinajstić information content (AvgIpc) is 2.45. The summed E-state index contributed by atoms with van der Waals surface area (Å²) in [6.45, 7) is 0. The third-order valence-electron chi connectivity index (χ3n) is 2.72. The molecule has 0 aromatic heterocycles. The molecule has 0 unspecified atom stereocenters. The molecule has 0 aliphatic rings. The number of para-hydroxylation sites is 1. The number of nitro groups is 1. The van der Waals surface area contributed by atoms with E-state index in [4.69, 9.17) is 11.1 Å². The molecule has 0 bridgehead atoms. The van der Waals surface area contributed by atoms with Crippen LogP contribution in [0.2, 0.25) is 0 Å². The predicted octanol–water partition coefficient (Wildman–Crippen LogP) is 3.17. The van der Waals surface area contributed by atoms with E-state index in [1.165, 1.54) is 17.8 Å². The molecule has 0 fully saturated rings. The van der Waals surface area contributed by atoms with E-state index in [1.54, 1.807) is 30.3 Å². The fourth-order valence-corrected chi connectivity index (χ4v) is 2.65. The summed E-state index contributed by atoms with van der Waals surface area (Å²) >= 11 is 1.42. The number of hydrogen-bond acceptors (Lipinski definition) is 4. The molecule has 2 rings (SSSR count). The molecule has 0 heterocycles. The molecule has 3 N–H and O–H groups in total. The molecule has 0 aliphatic carbocycles. The molecule has 2 aromatic rings. The largest absolute Gasteiger partial charge is 0.384 e. The number of benzene rings is 2. The quantitative estimate of drug-likeness (QED) is 0.290. The lowest BCUT2D eigenvalue weighted by molar-refractivity contribution is -0.387. The number of nitro benzene ring substituents is 1. The number of nitrogens with one attached hydrogen (secondary N) is 1. The Morgan fingerprint density at radius 3 is 2.45 bits per heavy atom. The number of nitrogen functional groups attached to an aromatic ring is 1. The number of amidine groups is 1. The molecule has 0 aliphatic heterocycles. The Labute approximate surface area is 120 Å². The van der Waals surface area contributed by atoms with Crippen molar-refractivity contribution in [1.82, 2.24) is 0 Å². The number of nitrogens with two attached hydrogens (primary N) is 1. The molecule has 0 spiro atoms. The molecule has 0 atom stereocenters. The van der Waals surface area contributed by atoms with E-state index in [9.17, 15) is 10.1 Å². The molecule has 0 amide bonds. The summed E-state index contributed by atoms with van der Waals surface area (Å²) in [5, 5.41) is 18.2. The Hall–Kier alpha value is -2.34. The van der Waals surface area contributed by atoms with E-state index in [-0.39, 0.29) is 16.4 Å². The van der Waals surface area contributed by atoms with Crippen LogP contribution >= 0.6 is 11.8 Å². The van der Waals surface area contributed by atoms with Crippen molar-refractivity contribution in [2.45, 2.75) is 10.6 Å². The van der Waals surface area contributed by atoms with Gasteiger partial charge in [-0.25, -0.2) is 0 Å². The summed E-state index contributed by atoms with van der Waals surface area (Å²) in [7, 11) is 0. The minimum atomic E-state index is -0.374. The molecule has 0 radical (unpaired) electrons. The van der Waals surface area contributed by atoms with Crippen molar-refractivity contribution in [2.24, 2.45) is 5.73 Å². The highest BCUT2D eigenvalue weighted by molar-refractivity contribution is 7.98. The van der Waals surface area contributed by atoms with Crippen LogP contribution in [-0.4, -0.2) is 10.8 Å². The Kier molecular flexibility index (Phi) is 4.37. The first-order valence-electron chi connectivity index (χ1n) is 5.87. The zero-order valence-corrected chi connectivity index (χ0v) is 11.4. The SMILES string of the molecule is N=C(N)c1ccc(CSc2ccccc2[N+](=O)[O-])cc1. The van der Waals surface area contributed by atoms with Crippen molar-refractivity contribution in [3.8, 4) is 0 Å². The molecule has 0 saturated heterocycles. The van der Waals surface area contributed by atoms with Crippen molar-refractivity contribution in [1.29, 1.82) is 5.41 Å². The van der Waals surface area contributed by atoms with Gasteiger partial charge in [-0.2, -0.15) is 0 Å². The highest BCUT2D eigenvalue weighted by Gasteiger charge is 2.12. The molecule has 20 heavy (non-hydrogen) atoms. The summed E-state index contributed by atoms with van der Waals surface area (Å²) in [4.78, 5) is 11.2. The summed E-state index contributed by atoms with van der Waals surface area (Å²) in [5.41, 5.74) is 7.20. The number of nitrogens with zero attached hydrogens (tertiary/aromatic N) is 1. The fourth-order valence-electron chi connectivity index (χ4n) is 1.67. The second-order valence-corrected chi connectivity index (χ2v) is 5.14. The van der Waals surface area contributed by atoms with Gasteiger partial charge < -0.3 is 5.73 Å². The topological polar surface area (TPSA) is 93.0 Å². The molecule has 6 heteroatoms. The third kappa shape index (κ3) is 3.36. The average molecular weight is 287 g/mol. The maximum atomic E-state index is 10.9. The van der Waals surface area contributed by atoms with Crippen molar-refractivity contribution in [3.63, 3.8) is 0 Å². The first-order chi connectivity index (χ1) is 9.58. The lowest BCUT2D eigenvalue weighted by Gasteiger charge is -2.04. The van der Waals surface area contributed by atoms with Gasteiger partial charge in [0, 0.05) is 17.4 Å². The first-order valence-corrected chi connectivity index (χ1v) is 6.86. The summed E-state index contributed by atoms with van der Waals surface area (Å²) in [6.07, 6.45) is 0. The maximum absolute atomic E-state index is 10.9. The van der Waals surface area contributed by atoms with E-state index < -0.39 is 0 Å². The van der Waals surface area contributed by atoms with Gasteiger partial charge in [-0.15, -0.1) is 11.8 Å². The van der Waals surface area contributed by atoms with Crippen LogP contribution in [0.3, 0.4) is 0 Å². The van der Waals surface area contributed by atoms with Gasteiger partial charge in [0.05, 0.1) is 9.82 Å². The Morgan fingerprint density at radius 2 is 1.85 bits per heavy atom. The minimum Gasteiger partial charge on any atom is -0.384 e. The van der Waals surface area contributed by atoms with Gasteiger partial charge in [-0.05, 0) is 11.6 Å². The number of hydrogen-bond donors (Lipinski definition) is 2. The van der Waals surface area contributed by atoms with E-state index in [2.05, 4.69) is 0 Å². The Balaban J connectivity index is 2.09. The van der Waals surface area contributed by atoms with Gasteiger partial charge in [0.25, 0.3) is 5.69 Å². The number of thioether (sulfide) groups is 1. The normalized spacial score (nSPS) is 10.2. The molecule has 5 nitrogen and oxygen atoms in total. The van der Waals surface area contributed by atoms with Gasteiger partial charge >= 0.3 is 0 Å². The zero-order valence-electron chi connectivity index (χ0n) is 10.6. The standard InChI is InChI=1S/C14H13N3O2S/c15-14(16)11-7-5-10(6-8-11)9-20-13-4-2-1-3-12(13)17(18)19/h1-8H,9H2,(H3,15,16). The minimum absolute atomic E-state index is 0.0305. The molecular formula is C14H13N3O2S. The van der Waals surface area contributed by atoms with Crippen LogP contribution in [0.5, 0.6) is 0 Å². The van der Waals surface area contributed by atoms with Crippen LogP contribution in [0, 0.1) is 15.5 Å². The van der Waals surface area contributed by atoms with Crippen molar-refractivity contribution < 1.29 is 4.92 Å². The Morgan fingerprint density at radius 1 is 1.20 bits per heavy atom. The third-order valence-corrected chi connectivity index (χ3v) is 3.86. The van der Waals surface area contributed by atoms with Gasteiger partial charge in [0.2, 0.25) is 0 Å². The van der Waals surface area contributed by atoms with Crippen LogP contribution in [0.1, 0.15) is 11.1 Å². The van der Waals surface area contributed by atoms with Crippen LogP contribution in [0.4, 0.5) is 5.69 Å². The second kappa shape index (κ2) is 6.21. The second-order valence-electron chi connectivity index (χ2n) is 4.12. The van der Waals surface area contributed by atoms with E-state index in [1.807, 2.05) is 12.1 Å². The molecule has 2 aromatic carbocycles. The van der Waals surface area contributed by atoms with E-state index >= 15 is 0 Å². The lowest BCUT2D eigenvalue weighted by Crippen LogP contribution is -2.10. The summed E-state index contributed by atoms with van der Waals surface area (Å²) in [6, 6.07) is 14.0. The van der Waals surface area contributed by atoms with Crippen molar-refractivity contribution in [2.75, 3.05) is 0 Å². The first kappa shape index (κ1) is 14.1. The highest BCUT2D eigenvalue weighted by atomic mass is 32.2. The van der Waals surface area contributed by atoms with Crippen molar-refractivity contribution >= 4 is 23.3 Å². The monoisotopic (exact) mass is 287 g/mol. The Bertz CT molecular complexity index is 641. The van der Waals surface area contributed by atoms with E-state index in [0.717, 1.165) is 5.56 Å². The molecule has 0 saturated carbocycles. The van der Waals surface area contributed by atoms with Crippen LogP contribution in [0.15, 0.2) is 53.4 Å². The van der Waals surface area contributed by atoms with Crippen LogP contribution < -0.4 is 5.73 Å². The number of rotatable bonds is 5. The maximum Gasteiger partial charge on any atom is 0.282 e. The van der Waals surface area contributed by atoms with Gasteiger partial charge in [0.15, 0.2) is 0 Å². The smallest absolute Gasteiger partial charge is 0.282 e. The zero-order chi connectivity index (χ0) is 14.5.